The highest BCUT2D eigenvalue weighted by Gasteiger charge is 2.20. The fraction of sp³-hybridized carbons (Fsp3) is 0.389. The molecule has 1 aliphatic rings. The number of aromatic nitrogens is 4. The number of hydrogen-bond acceptors (Lipinski definition) is 5. The fourth-order valence-electron chi connectivity index (χ4n) is 3.08. The van der Waals surface area contributed by atoms with Gasteiger partial charge in [-0.05, 0) is 25.0 Å². The van der Waals surface area contributed by atoms with Gasteiger partial charge in [-0.3, -0.25) is 9.36 Å². The first-order valence-electron chi connectivity index (χ1n) is 8.42. The van der Waals surface area contributed by atoms with E-state index in [1.165, 1.54) is 0 Å². The first kappa shape index (κ1) is 16.4. The number of benzene rings is 1. The first-order chi connectivity index (χ1) is 12.2. The lowest BCUT2D eigenvalue weighted by atomic mass is 10.2. The van der Waals surface area contributed by atoms with Crippen LogP contribution in [0.3, 0.4) is 0 Å². The van der Waals surface area contributed by atoms with Crippen LogP contribution < -0.4 is 5.56 Å². The van der Waals surface area contributed by atoms with Gasteiger partial charge in [-0.25, -0.2) is 9.97 Å². The molecule has 6 nitrogen and oxygen atoms in total. The van der Waals surface area contributed by atoms with Crippen LogP contribution in [-0.4, -0.2) is 31.8 Å². The second kappa shape index (κ2) is 7.01. The molecule has 130 valence electrons. The normalized spacial score (nSPS) is 17.4. The molecule has 7 heteroatoms. The number of rotatable bonds is 5. The van der Waals surface area contributed by atoms with Crippen LogP contribution in [0.2, 0.25) is 0 Å². The van der Waals surface area contributed by atoms with E-state index in [1.807, 2.05) is 42.1 Å². The second-order valence-electron chi connectivity index (χ2n) is 6.21. The van der Waals surface area contributed by atoms with Gasteiger partial charge in [0.05, 0.1) is 29.3 Å². The Labute approximate surface area is 149 Å². The van der Waals surface area contributed by atoms with Gasteiger partial charge in [0.2, 0.25) is 0 Å². The number of para-hydroxylation sites is 1. The Hall–Kier alpha value is -2.12. The summed E-state index contributed by atoms with van der Waals surface area (Å²) in [6, 6.07) is 7.51. The smallest absolute Gasteiger partial charge is 0.262 e. The average molecular weight is 356 g/mol. The van der Waals surface area contributed by atoms with Crippen molar-refractivity contribution in [1.82, 2.24) is 19.1 Å². The lowest BCUT2D eigenvalue weighted by Gasteiger charge is -2.16. The van der Waals surface area contributed by atoms with Crippen molar-refractivity contribution in [3.05, 3.63) is 52.8 Å². The summed E-state index contributed by atoms with van der Waals surface area (Å²) in [7, 11) is 1.97. The van der Waals surface area contributed by atoms with E-state index in [0.717, 1.165) is 35.9 Å². The van der Waals surface area contributed by atoms with Gasteiger partial charge in [-0.15, -0.1) is 0 Å². The van der Waals surface area contributed by atoms with E-state index in [2.05, 4.69) is 4.98 Å². The molecule has 0 bridgehead atoms. The molecule has 1 unspecified atom stereocenters. The van der Waals surface area contributed by atoms with Gasteiger partial charge >= 0.3 is 0 Å². The maximum Gasteiger partial charge on any atom is 0.262 e. The minimum Gasteiger partial charge on any atom is -0.376 e. The Morgan fingerprint density at radius 2 is 2.24 bits per heavy atom. The summed E-state index contributed by atoms with van der Waals surface area (Å²) < 4.78 is 9.49. The molecule has 3 aromatic rings. The molecule has 0 aliphatic carbocycles. The van der Waals surface area contributed by atoms with Crippen molar-refractivity contribution >= 4 is 22.7 Å². The van der Waals surface area contributed by atoms with Crippen molar-refractivity contribution in [3.63, 3.8) is 0 Å². The number of nitrogens with zero attached hydrogens (tertiary/aromatic N) is 4. The van der Waals surface area contributed by atoms with Crippen molar-refractivity contribution in [2.75, 3.05) is 6.61 Å². The number of thioether (sulfide) groups is 1. The van der Waals surface area contributed by atoms with Crippen LogP contribution in [0.15, 0.2) is 46.6 Å². The molecule has 2 aromatic heterocycles. The fourth-order valence-corrected chi connectivity index (χ4v) is 4.09. The third kappa shape index (κ3) is 3.34. The predicted molar refractivity (Wildman–Crippen MR) is 97.7 cm³/mol. The van der Waals surface area contributed by atoms with Crippen LogP contribution >= 0.6 is 11.8 Å². The predicted octanol–water partition coefficient (Wildman–Crippen LogP) is 2.60. The highest BCUT2D eigenvalue weighted by molar-refractivity contribution is 7.98. The first-order valence-corrected chi connectivity index (χ1v) is 9.41. The molecule has 4 rings (SSSR count). The Morgan fingerprint density at radius 3 is 3.00 bits per heavy atom. The molecule has 25 heavy (non-hydrogen) atoms. The third-order valence-corrected chi connectivity index (χ3v) is 5.46. The van der Waals surface area contributed by atoms with Crippen molar-refractivity contribution in [1.29, 1.82) is 0 Å². The summed E-state index contributed by atoms with van der Waals surface area (Å²) in [5.74, 6) is 1.62. The summed E-state index contributed by atoms with van der Waals surface area (Å²) in [6.07, 6.45) is 5.83. The Kier molecular flexibility index (Phi) is 4.59. The van der Waals surface area contributed by atoms with Crippen molar-refractivity contribution in [2.24, 2.45) is 7.05 Å². The highest BCUT2D eigenvalue weighted by Crippen LogP contribution is 2.23. The Bertz CT molecular complexity index is 944. The molecule has 0 radical (unpaired) electrons. The zero-order valence-corrected chi connectivity index (χ0v) is 14.9. The second-order valence-corrected chi connectivity index (χ2v) is 7.15. The van der Waals surface area contributed by atoms with Crippen molar-refractivity contribution in [3.8, 4) is 0 Å². The van der Waals surface area contributed by atoms with Crippen LogP contribution in [0.5, 0.6) is 0 Å². The summed E-state index contributed by atoms with van der Waals surface area (Å²) in [6.45, 7) is 1.33. The largest absolute Gasteiger partial charge is 0.376 e. The number of imidazole rings is 1. The molecule has 1 aliphatic heterocycles. The van der Waals surface area contributed by atoms with E-state index < -0.39 is 0 Å². The molecule has 0 N–H and O–H groups in total. The Balaban J connectivity index is 1.71. The number of fused-ring (bicyclic) bond motifs is 1. The highest BCUT2D eigenvalue weighted by atomic mass is 32.2. The van der Waals surface area contributed by atoms with Crippen molar-refractivity contribution < 1.29 is 4.74 Å². The zero-order chi connectivity index (χ0) is 17.2. The molecule has 1 aromatic carbocycles. The van der Waals surface area contributed by atoms with Gasteiger partial charge in [0.25, 0.3) is 5.56 Å². The summed E-state index contributed by atoms with van der Waals surface area (Å²) in [5.41, 5.74) is 0.738. The van der Waals surface area contributed by atoms with Gasteiger partial charge in [0.1, 0.15) is 5.82 Å². The zero-order valence-electron chi connectivity index (χ0n) is 14.1. The molecule has 0 amide bonds. The van der Waals surface area contributed by atoms with Crippen LogP contribution in [0.1, 0.15) is 18.7 Å². The van der Waals surface area contributed by atoms with E-state index in [1.54, 1.807) is 22.5 Å². The molecule has 0 spiro atoms. The maximum absolute atomic E-state index is 13.0. The van der Waals surface area contributed by atoms with E-state index in [-0.39, 0.29) is 11.7 Å². The van der Waals surface area contributed by atoms with Gasteiger partial charge in [0.15, 0.2) is 5.16 Å². The maximum atomic E-state index is 13.0. The molecular formula is C18H20N4O2S. The van der Waals surface area contributed by atoms with E-state index in [0.29, 0.717) is 17.7 Å². The lowest BCUT2D eigenvalue weighted by Crippen LogP contribution is -2.28. The summed E-state index contributed by atoms with van der Waals surface area (Å²) >= 11 is 1.54. The third-order valence-electron chi connectivity index (χ3n) is 4.49. The van der Waals surface area contributed by atoms with Gasteiger partial charge in [-0.2, -0.15) is 0 Å². The van der Waals surface area contributed by atoms with E-state index in [4.69, 9.17) is 9.72 Å². The number of hydrogen-bond donors (Lipinski definition) is 0. The van der Waals surface area contributed by atoms with E-state index in [9.17, 15) is 4.79 Å². The van der Waals surface area contributed by atoms with Gasteiger partial charge < -0.3 is 9.30 Å². The topological polar surface area (TPSA) is 61.9 Å². The quantitative estimate of drug-likeness (QED) is 0.519. The van der Waals surface area contributed by atoms with Crippen LogP contribution in [-0.2, 0) is 24.1 Å². The SMILES string of the molecule is Cn1ccnc1CSc1nc2ccccc2c(=O)n1CC1CCCO1. The minimum absolute atomic E-state index is 0.00319. The number of ether oxygens (including phenoxy) is 1. The number of aryl methyl sites for hydroxylation is 1. The Morgan fingerprint density at radius 1 is 1.36 bits per heavy atom. The molecule has 3 heterocycles. The summed E-state index contributed by atoms with van der Waals surface area (Å²) in [5, 5.41) is 1.38. The molecular weight excluding hydrogens is 336 g/mol. The van der Waals surface area contributed by atoms with Gasteiger partial charge in [0, 0.05) is 26.0 Å². The van der Waals surface area contributed by atoms with Crippen LogP contribution in [0, 0.1) is 0 Å². The minimum atomic E-state index is 0.00319. The van der Waals surface area contributed by atoms with Crippen LogP contribution in [0.25, 0.3) is 10.9 Å². The van der Waals surface area contributed by atoms with Gasteiger partial charge in [-0.1, -0.05) is 23.9 Å². The lowest BCUT2D eigenvalue weighted by molar-refractivity contribution is 0.0937. The van der Waals surface area contributed by atoms with Crippen molar-refractivity contribution in [2.45, 2.75) is 36.4 Å². The summed E-state index contributed by atoms with van der Waals surface area (Å²) in [4.78, 5) is 22.1. The molecule has 0 saturated carbocycles. The monoisotopic (exact) mass is 356 g/mol. The average Bonchev–Trinajstić information content (AvgIpc) is 3.28. The molecule has 1 atom stereocenters. The standard InChI is InChI=1S/C18H20N4O2S/c1-21-9-8-19-16(21)12-25-18-20-15-7-3-2-6-14(15)17(23)22(18)11-13-5-4-10-24-13/h2-3,6-9,13H,4-5,10-12H2,1H3. The molecule has 1 fully saturated rings. The van der Waals surface area contributed by atoms with Crippen LogP contribution in [0.4, 0.5) is 0 Å². The van der Waals surface area contributed by atoms with E-state index >= 15 is 0 Å². The molecule has 1 saturated heterocycles.